The quantitative estimate of drug-likeness (QED) is 0.624. The zero-order valence-corrected chi connectivity index (χ0v) is 9.55. The summed E-state index contributed by atoms with van der Waals surface area (Å²) in [4.78, 5) is 21.3. The molecule has 4 heteroatoms. The third kappa shape index (κ3) is 4.97. The maximum absolute atomic E-state index is 10.9. The zero-order chi connectivity index (χ0) is 12.7. The fourth-order valence-corrected chi connectivity index (χ4v) is 1.34. The molecule has 0 atom stereocenters. The van der Waals surface area contributed by atoms with Gasteiger partial charge in [0.15, 0.2) is 0 Å². The number of aliphatic carboxylic acids is 1. The van der Waals surface area contributed by atoms with E-state index >= 15 is 0 Å². The molecule has 0 aromatic heterocycles. The van der Waals surface area contributed by atoms with Crippen molar-refractivity contribution in [3.63, 3.8) is 0 Å². The second-order valence-corrected chi connectivity index (χ2v) is 3.50. The number of methoxy groups -OCH3 is 1. The normalized spacial score (nSPS) is 10.4. The van der Waals surface area contributed by atoms with Crippen molar-refractivity contribution >= 4 is 18.0 Å². The second-order valence-electron chi connectivity index (χ2n) is 3.50. The van der Waals surface area contributed by atoms with E-state index < -0.39 is 11.9 Å². The van der Waals surface area contributed by atoms with Crippen molar-refractivity contribution in [3.05, 3.63) is 41.5 Å². The van der Waals surface area contributed by atoms with Gasteiger partial charge in [0.2, 0.25) is 0 Å². The number of carboxylic acids is 1. The summed E-state index contributed by atoms with van der Waals surface area (Å²) in [7, 11) is 1.32. The predicted octanol–water partition coefficient (Wildman–Crippen LogP) is 1.89. The molecule has 0 bridgehead atoms. The highest BCUT2D eigenvalue weighted by Crippen LogP contribution is 2.09. The molecule has 1 aromatic carbocycles. The first-order valence-corrected chi connectivity index (χ1v) is 5.18. The van der Waals surface area contributed by atoms with Crippen LogP contribution in [-0.2, 0) is 20.7 Å². The molecule has 1 aromatic rings. The summed E-state index contributed by atoms with van der Waals surface area (Å²) in [6.45, 7) is 0. The van der Waals surface area contributed by atoms with Gasteiger partial charge in [-0.15, -0.1) is 0 Å². The van der Waals surface area contributed by atoms with Crippen LogP contribution in [0.3, 0.4) is 0 Å². The lowest BCUT2D eigenvalue weighted by Crippen LogP contribution is -1.97. The van der Waals surface area contributed by atoms with Gasteiger partial charge in [-0.25, -0.2) is 4.79 Å². The molecule has 0 unspecified atom stereocenters. The van der Waals surface area contributed by atoms with E-state index in [0.29, 0.717) is 6.42 Å². The van der Waals surface area contributed by atoms with Crippen molar-refractivity contribution < 1.29 is 19.4 Å². The van der Waals surface area contributed by atoms with E-state index in [9.17, 15) is 9.59 Å². The van der Waals surface area contributed by atoms with Crippen molar-refractivity contribution in [2.75, 3.05) is 7.11 Å². The number of rotatable bonds is 5. The summed E-state index contributed by atoms with van der Waals surface area (Å²) in [5, 5.41) is 8.58. The van der Waals surface area contributed by atoms with E-state index in [1.54, 1.807) is 6.08 Å². The van der Waals surface area contributed by atoms with E-state index in [2.05, 4.69) is 4.74 Å². The van der Waals surface area contributed by atoms with E-state index in [1.807, 2.05) is 24.3 Å². The maximum atomic E-state index is 10.9. The summed E-state index contributed by atoms with van der Waals surface area (Å²) in [5.41, 5.74) is 1.78. The third-order valence-corrected chi connectivity index (χ3v) is 2.19. The molecule has 1 N–H and O–H groups in total. The van der Waals surface area contributed by atoms with Gasteiger partial charge in [0, 0.05) is 12.5 Å². The first-order valence-electron chi connectivity index (χ1n) is 5.18. The Morgan fingerprint density at radius 2 is 2.18 bits per heavy atom. The fraction of sp³-hybridized carbons (Fsp3) is 0.231. The average Bonchev–Trinajstić information content (AvgIpc) is 2.34. The number of hydrogen-bond donors (Lipinski definition) is 1. The van der Waals surface area contributed by atoms with E-state index in [4.69, 9.17) is 5.11 Å². The van der Waals surface area contributed by atoms with E-state index in [1.165, 1.54) is 13.2 Å². The Kier molecular flexibility index (Phi) is 4.94. The second kappa shape index (κ2) is 6.48. The predicted molar refractivity (Wildman–Crippen MR) is 63.4 cm³/mol. The minimum Gasteiger partial charge on any atom is -0.481 e. The maximum Gasteiger partial charge on any atom is 0.330 e. The number of benzene rings is 1. The molecule has 0 fully saturated rings. The average molecular weight is 234 g/mol. The third-order valence-electron chi connectivity index (χ3n) is 2.19. The number of aryl methyl sites for hydroxylation is 1. The summed E-state index contributed by atoms with van der Waals surface area (Å²) in [6, 6.07) is 7.37. The van der Waals surface area contributed by atoms with Gasteiger partial charge in [-0.1, -0.05) is 24.3 Å². The highest BCUT2D eigenvalue weighted by Gasteiger charge is 1.99. The monoisotopic (exact) mass is 234 g/mol. The van der Waals surface area contributed by atoms with Crippen LogP contribution < -0.4 is 0 Å². The largest absolute Gasteiger partial charge is 0.481 e. The lowest BCUT2D eigenvalue weighted by atomic mass is 10.1. The Morgan fingerprint density at radius 1 is 1.41 bits per heavy atom. The highest BCUT2D eigenvalue weighted by atomic mass is 16.5. The van der Waals surface area contributed by atoms with Crippen LogP contribution in [-0.4, -0.2) is 24.2 Å². The summed E-state index contributed by atoms with van der Waals surface area (Å²) in [6.07, 6.45) is 3.55. The Hall–Kier alpha value is -2.10. The van der Waals surface area contributed by atoms with Crippen LogP contribution in [0.15, 0.2) is 30.3 Å². The smallest absolute Gasteiger partial charge is 0.330 e. The topological polar surface area (TPSA) is 63.6 Å². The molecule has 0 amide bonds. The summed E-state index contributed by atoms with van der Waals surface area (Å²) in [5.74, 6) is -1.23. The molecule has 0 spiro atoms. The lowest BCUT2D eigenvalue weighted by Gasteiger charge is -2.00. The van der Waals surface area contributed by atoms with E-state index in [0.717, 1.165) is 11.1 Å². The number of carbonyl (C=O) groups excluding carboxylic acids is 1. The van der Waals surface area contributed by atoms with Crippen LogP contribution in [0.2, 0.25) is 0 Å². The van der Waals surface area contributed by atoms with Gasteiger partial charge in [-0.3, -0.25) is 4.79 Å². The SMILES string of the molecule is COC(=O)C=Cc1cccc(CCC(=O)O)c1. The Morgan fingerprint density at radius 3 is 2.82 bits per heavy atom. The molecule has 0 radical (unpaired) electrons. The standard InChI is InChI=1S/C13H14O4/c1-17-13(16)8-6-11-4-2-3-10(9-11)5-7-12(14)15/h2-4,6,8-9H,5,7H2,1H3,(H,14,15). The van der Waals surface area contributed by atoms with E-state index in [-0.39, 0.29) is 6.42 Å². The molecule has 0 aliphatic carbocycles. The van der Waals surface area contributed by atoms with Crippen LogP contribution in [0.5, 0.6) is 0 Å². The summed E-state index contributed by atoms with van der Waals surface area (Å²) < 4.78 is 4.48. The van der Waals surface area contributed by atoms with Gasteiger partial charge in [0.05, 0.1) is 7.11 Å². The van der Waals surface area contributed by atoms with Crippen LogP contribution in [0.1, 0.15) is 17.5 Å². The molecule has 0 saturated heterocycles. The van der Waals surface area contributed by atoms with Crippen LogP contribution >= 0.6 is 0 Å². The van der Waals surface area contributed by atoms with Crippen molar-refractivity contribution in [3.8, 4) is 0 Å². The molecule has 4 nitrogen and oxygen atoms in total. The van der Waals surface area contributed by atoms with Crippen molar-refractivity contribution in [1.82, 2.24) is 0 Å². The molecule has 0 aliphatic rings. The fourth-order valence-electron chi connectivity index (χ4n) is 1.34. The molecule has 1 rings (SSSR count). The first-order chi connectivity index (χ1) is 8.11. The highest BCUT2D eigenvalue weighted by molar-refractivity contribution is 5.86. The van der Waals surface area contributed by atoms with Gasteiger partial charge < -0.3 is 9.84 Å². The van der Waals surface area contributed by atoms with Gasteiger partial charge >= 0.3 is 11.9 Å². The molecular weight excluding hydrogens is 220 g/mol. The zero-order valence-electron chi connectivity index (χ0n) is 9.55. The Balaban J connectivity index is 2.68. The minimum atomic E-state index is -0.819. The van der Waals surface area contributed by atoms with Crippen LogP contribution in [0.4, 0.5) is 0 Å². The van der Waals surface area contributed by atoms with Gasteiger partial charge in [-0.2, -0.15) is 0 Å². The first kappa shape index (κ1) is 13.0. The summed E-state index contributed by atoms with van der Waals surface area (Å²) >= 11 is 0. The lowest BCUT2D eigenvalue weighted by molar-refractivity contribution is -0.137. The molecule has 17 heavy (non-hydrogen) atoms. The van der Waals surface area contributed by atoms with Crippen LogP contribution in [0.25, 0.3) is 6.08 Å². The number of carboxylic acid groups (broad SMARTS) is 1. The van der Waals surface area contributed by atoms with Gasteiger partial charge in [0.25, 0.3) is 0 Å². The number of hydrogen-bond acceptors (Lipinski definition) is 3. The van der Waals surface area contributed by atoms with Crippen LogP contribution in [0, 0.1) is 0 Å². The number of carbonyl (C=O) groups is 2. The van der Waals surface area contributed by atoms with Gasteiger partial charge in [-0.05, 0) is 23.6 Å². The molecule has 0 heterocycles. The van der Waals surface area contributed by atoms with Crippen molar-refractivity contribution in [2.45, 2.75) is 12.8 Å². The Labute approximate surface area is 99.5 Å². The van der Waals surface area contributed by atoms with Crippen molar-refractivity contribution in [1.29, 1.82) is 0 Å². The van der Waals surface area contributed by atoms with Crippen molar-refractivity contribution in [2.24, 2.45) is 0 Å². The Bertz CT molecular complexity index is 435. The molecule has 0 saturated carbocycles. The van der Waals surface area contributed by atoms with Gasteiger partial charge in [0.1, 0.15) is 0 Å². The molecule has 90 valence electrons. The molecule has 0 aliphatic heterocycles. The molecular formula is C13H14O4. The minimum absolute atomic E-state index is 0.101. The number of esters is 1. The number of ether oxygens (including phenoxy) is 1.